The second kappa shape index (κ2) is 13.9. The van der Waals surface area contributed by atoms with Crippen LogP contribution >= 0.6 is 21.6 Å². The molecule has 2 unspecified atom stereocenters. The van der Waals surface area contributed by atoms with Crippen LogP contribution in [0.5, 0.6) is 0 Å². The molecule has 0 aliphatic heterocycles. The van der Waals surface area contributed by atoms with Crippen LogP contribution in [0.15, 0.2) is 0 Å². The first-order valence-corrected chi connectivity index (χ1v) is 10.6. The van der Waals surface area contributed by atoms with Gasteiger partial charge in [0.05, 0.1) is 18.4 Å². The van der Waals surface area contributed by atoms with E-state index in [-0.39, 0.29) is 24.3 Å². The smallest absolute Gasteiger partial charge is 0.481 e. The van der Waals surface area contributed by atoms with Crippen LogP contribution in [0.4, 0.5) is 13.2 Å². The molecule has 3 N–H and O–H groups in total. The van der Waals surface area contributed by atoms with Crippen molar-refractivity contribution in [3.63, 3.8) is 0 Å². The molecule has 7 nitrogen and oxygen atoms in total. The maximum absolute atomic E-state index is 12.1. The monoisotopic (exact) mass is 435 g/mol. The Kier molecular flexibility index (Phi) is 13.4. The average Bonchev–Trinajstić information content (AvgIpc) is 2.60. The van der Waals surface area contributed by atoms with E-state index in [1.165, 1.54) is 10.8 Å². The molecular formula is C15H24F3NO6S2. The van der Waals surface area contributed by atoms with E-state index in [4.69, 9.17) is 19.7 Å². The first-order valence-electron chi connectivity index (χ1n) is 8.16. The van der Waals surface area contributed by atoms with Crippen molar-refractivity contribution in [2.45, 2.75) is 44.4 Å². The van der Waals surface area contributed by atoms with E-state index < -0.39 is 18.1 Å². The quantitative estimate of drug-likeness (QED) is 0.374. The van der Waals surface area contributed by atoms with Crippen LogP contribution in [0, 0.1) is 5.92 Å². The van der Waals surface area contributed by atoms with Crippen LogP contribution in [-0.4, -0.2) is 65.5 Å². The Morgan fingerprint density at radius 3 is 2.19 bits per heavy atom. The van der Waals surface area contributed by atoms with Crippen LogP contribution in [-0.2, 0) is 19.1 Å². The SMILES string of the molecule is COC1CCCCC1C(=O)NCCSSCCC(=O)O.O=C(O)C(F)(F)F. The molecule has 0 saturated heterocycles. The lowest BCUT2D eigenvalue weighted by molar-refractivity contribution is -0.192. The zero-order valence-corrected chi connectivity index (χ0v) is 16.4. The summed E-state index contributed by atoms with van der Waals surface area (Å²) < 4.78 is 37.1. The Bertz CT molecular complexity index is 479. The molecule has 1 saturated carbocycles. The highest BCUT2D eigenvalue weighted by atomic mass is 33.1. The summed E-state index contributed by atoms with van der Waals surface area (Å²) in [6.45, 7) is 0.622. The van der Waals surface area contributed by atoms with E-state index in [0.29, 0.717) is 12.3 Å². The van der Waals surface area contributed by atoms with Crippen LogP contribution in [0.2, 0.25) is 0 Å². The number of alkyl halides is 3. The van der Waals surface area contributed by atoms with Crippen molar-refractivity contribution in [1.29, 1.82) is 0 Å². The average molecular weight is 435 g/mol. The fourth-order valence-corrected chi connectivity index (χ4v) is 4.16. The number of aliphatic carboxylic acids is 2. The molecule has 2 atom stereocenters. The van der Waals surface area contributed by atoms with E-state index in [2.05, 4.69) is 5.32 Å². The fraction of sp³-hybridized carbons (Fsp3) is 0.800. The topological polar surface area (TPSA) is 113 Å². The Labute approximate surface area is 163 Å². The maximum Gasteiger partial charge on any atom is 0.490 e. The number of nitrogens with one attached hydrogen (secondary N) is 1. The molecule has 1 fully saturated rings. The maximum atomic E-state index is 12.1. The van der Waals surface area contributed by atoms with Gasteiger partial charge >= 0.3 is 18.1 Å². The number of carbonyl (C=O) groups is 3. The van der Waals surface area contributed by atoms with Gasteiger partial charge in [0.15, 0.2) is 0 Å². The van der Waals surface area contributed by atoms with E-state index in [9.17, 15) is 22.8 Å². The summed E-state index contributed by atoms with van der Waals surface area (Å²) in [5.41, 5.74) is 0. The molecule has 158 valence electrons. The predicted molar refractivity (Wildman–Crippen MR) is 96.6 cm³/mol. The number of carbonyl (C=O) groups excluding carboxylic acids is 1. The van der Waals surface area contributed by atoms with Gasteiger partial charge in [0, 0.05) is 25.2 Å². The van der Waals surface area contributed by atoms with Crippen molar-refractivity contribution in [3.8, 4) is 0 Å². The van der Waals surface area contributed by atoms with Gasteiger partial charge in [0.1, 0.15) is 0 Å². The first kappa shape index (κ1) is 25.9. The largest absolute Gasteiger partial charge is 0.490 e. The summed E-state index contributed by atoms with van der Waals surface area (Å²) in [4.78, 5) is 31.3. The first-order chi connectivity index (χ1) is 12.6. The highest BCUT2D eigenvalue weighted by Crippen LogP contribution is 2.26. The summed E-state index contributed by atoms with van der Waals surface area (Å²) in [5.74, 6) is -2.06. The second-order valence-electron chi connectivity index (χ2n) is 5.55. The molecule has 12 heteroatoms. The number of carboxylic acids is 2. The minimum absolute atomic E-state index is 0.0154. The van der Waals surface area contributed by atoms with Gasteiger partial charge in [0.25, 0.3) is 0 Å². The number of hydrogen-bond acceptors (Lipinski definition) is 6. The van der Waals surface area contributed by atoms with Gasteiger partial charge in [-0.1, -0.05) is 34.4 Å². The van der Waals surface area contributed by atoms with Crippen molar-refractivity contribution in [1.82, 2.24) is 5.32 Å². The minimum Gasteiger partial charge on any atom is -0.481 e. The number of methoxy groups -OCH3 is 1. The fourth-order valence-electron chi connectivity index (χ4n) is 2.27. The second-order valence-corrected chi connectivity index (χ2v) is 8.25. The Balaban J connectivity index is 0.000000821. The molecular weight excluding hydrogens is 411 g/mol. The highest BCUT2D eigenvalue weighted by molar-refractivity contribution is 8.76. The molecule has 0 aromatic heterocycles. The molecule has 27 heavy (non-hydrogen) atoms. The van der Waals surface area contributed by atoms with Gasteiger partial charge < -0.3 is 20.3 Å². The molecule has 0 aromatic carbocycles. The van der Waals surface area contributed by atoms with Gasteiger partial charge in [0.2, 0.25) is 5.91 Å². The number of ether oxygens (including phenoxy) is 1. The van der Waals surface area contributed by atoms with E-state index in [1.807, 2.05) is 0 Å². The number of hydrogen-bond donors (Lipinski definition) is 3. The third kappa shape index (κ3) is 12.8. The summed E-state index contributed by atoms with van der Waals surface area (Å²) in [7, 11) is 4.80. The molecule has 1 aliphatic rings. The summed E-state index contributed by atoms with van der Waals surface area (Å²) in [5, 5.41) is 18.6. The number of rotatable bonds is 9. The lowest BCUT2D eigenvalue weighted by Crippen LogP contribution is -2.41. The zero-order chi connectivity index (χ0) is 20.9. The molecule has 0 bridgehead atoms. The third-order valence-electron chi connectivity index (χ3n) is 3.55. The third-order valence-corrected chi connectivity index (χ3v) is 5.96. The van der Waals surface area contributed by atoms with Crippen molar-refractivity contribution >= 4 is 39.4 Å². The number of halogens is 3. The van der Waals surface area contributed by atoms with Gasteiger partial charge in [-0.3, -0.25) is 9.59 Å². The summed E-state index contributed by atoms with van der Waals surface area (Å²) in [6.07, 6.45) is -0.738. The van der Waals surface area contributed by atoms with Gasteiger partial charge in [-0.2, -0.15) is 13.2 Å². The van der Waals surface area contributed by atoms with Crippen molar-refractivity contribution in [2.75, 3.05) is 25.2 Å². The summed E-state index contributed by atoms with van der Waals surface area (Å²) in [6, 6.07) is 0. The van der Waals surface area contributed by atoms with Crippen LogP contribution in [0.25, 0.3) is 0 Å². The van der Waals surface area contributed by atoms with Crippen LogP contribution < -0.4 is 5.32 Å². The van der Waals surface area contributed by atoms with Gasteiger partial charge in [-0.05, 0) is 12.8 Å². The summed E-state index contributed by atoms with van der Waals surface area (Å²) >= 11 is 0. The molecule has 1 amide bonds. The number of carboxylic acid groups (broad SMARTS) is 2. The van der Waals surface area contributed by atoms with Crippen molar-refractivity contribution in [3.05, 3.63) is 0 Å². The Hall–Kier alpha value is -1.14. The van der Waals surface area contributed by atoms with Gasteiger partial charge in [-0.25, -0.2) is 4.79 Å². The van der Waals surface area contributed by atoms with E-state index in [1.54, 1.807) is 17.9 Å². The van der Waals surface area contributed by atoms with Crippen molar-refractivity contribution < 1.29 is 42.5 Å². The standard InChI is InChI=1S/C13H23NO4S2.C2HF3O2/c1-18-11-5-3-2-4-10(11)13(17)14-7-9-20-19-8-6-12(15)16;3-2(4,5)1(6)7/h10-11H,2-9H2,1H3,(H,14,17)(H,15,16);(H,6,7). The molecule has 0 spiro atoms. The van der Waals surface area contributed by atoms with Crippen LogP contribution in [0.1, 0.15) is 32.1 Å². The molecule has 0 radical (unpaired) electrons. The van der Waals surface area contributed by atoms with Crippen molar-refractivity contribution in [2.24, 2.45) is 5.92 Å². The molecule has 0 heterocycles. The van der Waals surface area contributed by atoms with E-state index in [0.717, 1.165) is 31.4 Å². The minimum atomic E-state index is -5.08. The molecule has 0 aromatic rings. The highest BCUT2D eigenvalue weighted by Gasteiger charge is 2.38. The lowest BCUT2D eigenvalue weighted by atomic mass is 9.86. The predicted octanol–water partition coefficient (Wildman–Crippen LogP) is 2.80. The van der Waals surface area contributed by atoms with Gasteiger partial charge in [-0.15, -0.1) is 0 Å². The Morgan fingerprint density at radius 1 is 1.11 bits per heavy atom. The molecule has 1 rings (SSSR count). The van der Waals surface area contributed by atoms with E-state index >= 15 is 0 Å². The normalized spacial score (nSPS) is 19.6. The Morgan fingerprint density at radius 2 is 1.67 bits per heavy atom. The zero-order valence-electron chi connectivity index (χ0n) is 14.8. The van der Waals surface area contributed by atoms with Crippen LogP contribution in [0.3, 0.4) is 0 Å². The number of amides is 1. The lowest BCUT2D eigenvalue weighted by Gasteiger charge is -2.29. The molecule has 1 aliphatic carbocycles.